The normalized spacial score (nSPS) is 11.8. The number of imidazole rings is 1. The van der Waals surface area contributed by atoms with Gasteiger partial charge in [0.15, 0.2) is 0 Å². The van der Waals surface area contributed by atoms with Crippen LogP contribution in [0.5, 0.6) is 0 Å². The molecular formula is C25H20BBrN4O3S2. The number of nitrogens with one attached hydrogen (secondary N) is 1. The first-order valence-electron chi connectivity index (χ1n) is 10.9. The third-order valence-electron chi connectivity index (χ3n) is 5.58. The fourth-order valence-electron chi connectivity index (χ4n) is 3.77. The number of nitrogens with zero attached hydrogens (tertiary/aromatic N) is 3. The molecular weight excluding hydrogens is 559 g/mol. The summed E-state index contributed by atoms with van der Waals surface area (Å²) in [5, 5.41) is 24.3. The number of aryl methyl sites for hydroxylation is 2. The molecule has 3 heterocycles. The van der Waals surface area contributed by atoms with Crippen molar-refractivity contribution in [1.82, 2.24) is 14.5 Å². The molecule has 0 spiro atoms. The SMILES string of the molecule is Cc1csc(/C(=C\c2ccc(Br)s2)c2nc3ccc(NC(=O)c4ccc(B(O)O)cc4)cc3n2C)n1. The Kier molecular flexibility index (Phi) is 6.91. The second-order valence-corrected chi connectivity index (χ2v) is 11.5. The standard InChI is InChI=1S/C25H20BBrN4O3S2/c1-14-13-35-25(28-14)19(12-18-8-10-22(27)36-18)23-30-20-9-7-17(11-21(20)31(23)2)29-24(32)15-3-5-16(6-4-15)26(33)34/h3-13,33-34H,1-2H3,(H,29,32)/b19-12-. The maximum atomic E-state index is 12.7. The summed E-state index contributed by atoms with van der Waals surface area (Å²) in [6, 6.07) is 15.8. The van der Waals surface area contributed by atoms with Gasteiger partial charge in [-0.15, -0.1) is 22.7 Å². The number of hydrogen-bond donors (Lipinski definition) is 3. The van der Waals surface area contributed by atoms with Crippen molar-refractivity contribution in [2.45, 2.75) is 6.92 Å². The molecule has 5 rings (SSSR count). The van der Waals surface area contributed by atoms with Crippen LogP contribution in [0.4, 0.5) is 5.69 Å². The molecule has 0 aliphatic carbocycles. The summed E-state index contributed by atoms with van der Waals surface area (Å²) in [6.45, 7) is 1.97. The van der Waals surface area contributed by atoms with E-state index in [1.807, 2.05) is 48.2 Å². The molecule has 36 heavy (non-hydrogen) atoms. The third kappa shape index (κ3) is 5.06. The van der Waals surface area contributed by atoms with Gasteiger partial charge in [-0.1, -0.05) is 12.1 Å². The zero-order valence-electron chi connectivity index (χ0n) is 19.3. The number of thiophene rings is 1. The number of benzene rings is 2. The lowest BCUT2D eigenvalue weighted by Gasteiger charge is -2.08. The molecule has 1 amide bonds. The molecule has 0 bridgehead atoms. The molecule has 0 aliphatic heterocycles. The number of halogens is 1. The number of fused-ring (bicyclic) bond motifs is 1. The van der Waals surface area contributed by atoms with E-state index >= 15 is 0 Å². The first-order chi connectivity index (χ1) is 17.3. The highest BCUT2D eigenvalue weighted by molar-refractivity contribution is 9.11. The topological polar surface area (TPSA) is 100 Å². The van der Waals surface area contributed by atoms with E-state index in [0.717, 1.165) is 41.8 Å². The van der Waals surface area contributed by atoms with Crippen molar-refractivity contribution in [3.63, 3.8) is 0 Å². The van der Waals surface area contributed by atoms with E-state index in [0.29, 0.717) is 16.7 Å². The molecule has 5 aromatic rings. The molecule has 0 saturated heterocycles. The second kappa shape index (κ2) is 10.1. The lowest BCUT2D eigenvalue weighted by atomic mass is 9.80. The van der Waals surface area contributed by atoms with E-state index in [2.05, 4.69) is 33.4 Å². The van der Waals surface area contributed by atoms with Crippen molar-refractivity contribution in [1.29, 1.82) is 0 Å². The molecule has 0 unspecified atom stereocenters. The van der Waals surface area contributed by atoms with Crippen LogP contribution in [0.15, 0.2) is 63.8 Å². The lowest BCUT2D eigenvalue weighted by molar-refractivity contribution is 0.102. The van der Waals surface area contributed by atoms with Crippen LogP contribution in [0.25, 0.3) is 22.7 Å². The van der Waals surface area contributed by atoms with Gasteiger partial charge in [-0.25, -0.2) is 9.97 Å². The van der Waals surface area contributed by atoms with Crippen LogP contribution in [-0.2, 0) is 7.05 Å². The van der Waals surface area contributed by atoms with Gasteiger partial charge in [-0.3, -0.25) is 4.79 Å². The molecule has 0 saturated carbocycles. The Morgan fingerprint density at radius 3 is 2.53 bits per heavy atom. The number of amides is 1. The molecule has 7 nitrogen and oxygen atoms in total. The molecule has 2 aromatic carbocycles. The van der Waals surface area contributed by atoms with Crippen LogP contribution in [0.1, 0.15) is 31.8 Å². The molecule has 0 aliphatic rings. The predicted molar refractivity (Wildman–Crippen MR) is 151 cm³/mol. The number of aromatic nitrogens is 3. The van der Waals surface area contributed by atoms with Gasteiger partial charge in [0, 0.05) is 34.2 Å². The van der Waals surface area contributed by atoms with Gasteiger partial charge in [-0.2, -0.15) is 0 Å². The first kappa shape index (κ1) is 24.6. The molecule has 0 fully saturated rings. The van der Waals surface area contributed by atoms with Crippen molar-refractivity contribution in [3.05, 3.63) is 90.7 Å². The maximum absolute atomic E-state index is 12.7. The average Bonchev–Trinajstić information content (AvgIpc) is 3.56. The molecule has 180 valence electrons. The van der Waals surface area contributed by atoms with Gasteiger partial charge in [0.1, 0.15) is 10.8 Å². The summed E-state index contributed by atoms with van der Waals surface area (Å²) >= 11 is 6.75. The number of anilines is 1. The van der Waals surface area contributed by atoms with Crippen LogP contribution < -0.4 is 10.8 Å². The number of thiazole rings is 1. The van der Waals surface area contributed by atoms with Crippen molar-refractivity contribution >= 4 is 85.5 Å². The Labute approximate surface area is 224 Å². The predicted octanol–water partition coefficient (Wildman–Crippen LogP) is 4.68. The molecule has 11 heteroatoms. The molecule has 3 aromatic heterocycles. The fourth-order valence-corrected chi connectivity index (χ4v) is 5.94. The van der Waals surface area contributed by atoms with Crippen LogP contribution in [-0.4, -0.2) is 37.6 Å². The largest absolute Gasteiger partial charge is 0.488 e. The zero-order chi connectivity index (χ0) is 25.4. The van der Waals surface area contributed by atoms with Gasteiger partial charge in [0.25, 0.3) is 5.91 Å². The summed E-state index contributed by atoms with van der Waals surface area (Å²) in [5.74, 6) is 0.489. The molecule has 0 radical (unpaired) electrons. The van der Waals surface area contributed by atoms with Crippen molar-refractivity contribution in [2.75, 3.05) is 5.32 Å². The first-order valence-corrected chi connectivity index (χ1v) is 13.4. The average molecular weight is 579 g/mol. The Bertz CT molecular complexity index is 1610. The van der Waals surface area contributed by atoms with Crippen LogP contribution in [0, 0.1) is 6.92 Å². The summed E-state index contributed by atoms with van der Waals surface area (Å²) in [6.07, 6.45) is 2.10. The van der Waals surface area contributed by atoms with Crippen LogP contribution in [0.2, 0.25) is 0 Å². The van der Waals surface area contributed by atoms with Gasteiger partial charge in [0.05, 0.1) is 20.4 Å². The van der Waals surface area contributed by atoms with E-state index in [-0.39, 0.29) is 5.91 Å². The molecule has 0 atom stereocenters. The van der Waals surface area contributed by atoms with Crippen LogP contribution in [0.3, 0.4) is 0 Å². The monoisotopic (exact) mass is 578 g/mol. The highest BCUT2D eigenvalue weighted by Crippen LogP contribution is 2.33. The third-order valence-corrected chi connectivity index (χ3v) is 8.14. The van der Waals surface area contributed by atoms with E-state index < -0.39 is 7.12 Å². The maximum Gasteiger partial charge on any atom is 0.488 e. The molecule has 3 N–H and O–H groups in total. The number of carbonyl (C=O) groups is 1. The van der Waals surface area contributed by atoms with Crippen molar-refractivity contribution in [3.8, 4) is 0 Å². The summed E-state index contributed by atoms with van der Waals surface area (Å²) in [4.78, 5) is 23.4. The Hall–Kier alpha value is -3.09. The Balaban J connectivity index is 1.49. The Morgan fingerprint density at radius 2 is 1.89 bits per heavy atom. The number of hydrogen-bond acceptors (Lipinski definition) is 7. The summed E-state index contributed by atoms with van der Waals surface area (Å²) in [7, 11) is 0.380. The zero-order valence-corrected chi connectivity index (χ0v) is 22.5. The minimum Gasteiger partial charge on any atom is -0.423 e. The minimum absolute atomic E-state index is 0.294. The van der Waals surface area contributed by atoms with Gasteiger partial charge < -0.3 is 19.9 Å². The summed E-state index contributed by atoms with van der Waals surface area (Å²) in [5.41, 5.74) is 4.93. The highest BCUT2D eigenvalue weighted by atomic mass is 79.9. The second-order valence-electron chi connectivity index (χ2n) is 8.14. The van der Waals surface area contributed by atoms with Gasteiger partial charge >= 0.3 is 7.12 Å². The number of carbonyl (C=O) groups excluding carboxylic acids is 1. The highest BCUT2D eigenvalue weighted by Gasteiger charge is 2.18. The Morgan fingerprint density at radius 1 is 1.11 bits per heavy atom. The van der Waals surface area contributed by atoms with E-state index in [1.165, 1.54) is 12.1 Å². The van der Waals surface area contributed by atoms with Crippen molar-refractivity contribution < 1.29 is 14.8 Å². The lowest BCUT2D eigenvalue weighted by Crippen LogP contribution is -2.29. The smallest absolute Gasteiger partial charge is 0.423 e. The minimum atomic E-state index is -1.57. The van der Waals surface area contributed by atoms with E-state index in [1.54, 1.807) is 34.8 Å². The van der Waals surface area contributed by atoms with E-state index in [4.69, 9.17) is 9.97 Å². The van der Waals surface area contributed by atoms with E-state index in [9.17, 15) is 14.8 Å². The number of rotatable bonds is 6. The van der Waals surface area contributed by atoms with Crippen molar-refractivity contribution in [2.24, 2.45) is 7.05 Å². The summed E-state index contributed by atoms with van der Waals surface area (Å²) < 4.78 is 3.06. The quantitative estimate of drug-likeness (QED) is 0.254. The fraction of sp³-hybridized carbons (Fsp3) is 0.0800. The van der Waals surface area contributed by atoms with Crippen LogP contribution >= 0.6 is 38.6 Å². The van der Waals surface area contributed by atoms with Gasteiger partial charge in [0.2, 0.25) is 0 Å². The van der Waals surface area contributed by atoms with Gasteiger partial charge in [-0.05, 0) is 76.9 Å².